The molecule has 0 bridgehead atoms. The van der Waals surface area contributed by atoms with Gasteiger partial charge < -0.3 is 14.7 Å². The van der Waals surface area contributed by atoms with Crippen LogP contribution in [0.5, 0.6) is 0 Å². The highest BCUT2D eigenvalue weighted by Crippen LogP contribution is 2.40. The zero-order valence-electron chi connectivity index (χ0n) is 11.0. The summed E-state index contributed by atoms with van der Waals surface area (Å²) in [6.07, 6.45) is 6.00. The van der Waals surface area contributed by atoms with Crippen LogP contribution < -0.4 is 5.73 Å². The van der Waals surface area contributed by atoms with Crippen molar-refractivity contribution in [2.75, 3.05) is 0 Å². The smallest absolute Gasteiger partial charge is 0.123 e. The molecule has 18 heavy (non-hydrogen) atoms. The quantitative estimate of drug-likeness (QED) is 0.882. The Balaban J connectivity index is 1.94. The van der Waals surface area contributed by atoms with Gasteiger partial charge in [0.15, 0.2) is 0 Å². The highest BCUT2D eigenvalue weighted by Gasteiger charge is 2.32. The lowest BCUT2D eigenvalue weighted by Gasteiger charge is -2.34. The van der Waals surface area contributed by atoms with Gasteiger partial charge in [-0.25, -0.2) is 0 Å². The first-order chi connectivity index (χ1) is 8.55. The number of rotatable bonds is 2. The number of hydrogen-bond acceptors (Lipinski definition) is 2. The van der Waals surface area contributed by atoms with Gasteiger partial charge in [-0.15, -0.1) is 0 Å². The van der Waals surface area contributed by atoms with Crippen LogP contribution in [-0.2, 0) is 13.0 Å². The van der Waals surface area contributed by atoms with Crippen LogP contribution in [0.1, 0.15) is 43.3 Å². The first kappa shape index (κ1) is 11.6. The predicted molar refractivity (Wildman–Crippen MR) is 71.3 cm³/mol. The van der Waals surface area contributed by atoms with Crippen molar-refractivity contribution < 1.29 is 4.42 Å². The van der Waals surface area contributed by atoms with E-state index in [0.29, 0.717) is 0 Å². The molecule has 1 unspecified atom stereocenters. The zero-order valence-corrected chi connectivity index (χ0v) is 11.0. The van der Waals surface area contributed by atoms with Crippen LogP contribution in [0, 0.1) is 5.41 Å². The second-order valence-electron chi connectivity index (χ2n) is 6.08. The van der Waals surface area contributed by atoms with Gasteiger partial charge in [0, 0.05) is 17.9 Å². The van der Waals surface area contributed by atoms with E-state index < -0.39 is 0 Å². The minimum absolute atomic E-state index is 0.168. The second-order valence-corrected chi connectivity index (χ2v) is 6.08. The first-order valence-corrected chi connectivity index (χ1v) is 6.51. The summed E-state index contributed by atoms with van der Waals surface area (Å²) in [5.41, 5.74) is 9.23. The lowest BCUT2D eigenvalue weighted by molar-refractivity contribution is 0.275. The normalized spacial score (nSPS) is 21.8. The highest BCUT2D eigenvalue weighted by atomic mass is 16.3. The standard InChI is InChI=1S/C15H20N2O/c1-15(2)8-13(16)12-5-6-17(14(12)9-15)10-11-4-3-7-18-11/h3-7,13H,8-10,16H2,1-2H3. The molecule has 2 N–H and O–H groups in total. The molecule has 0 saturated heterocycles. The lowest BCUT2D eigenvalue weighted by Crippen LogP contribution is -2.30. The molecule has 1 atom stereocenters. The van der Waals surface area contributed by atoms with Crippen LogP contribution in [0.25, 0.3) is 0 Å². The number of fused-ring (bicyclic) bond motifs is 1. The average molecular weight is 244 g/mol. The molecule has 96 valence electrons. The largest absolute Gasteiger partial charge is 0.467 e. The summed E-state index contributed by atoms with van der Waals surface area (Å²) < 4.78 is 7.70. The maximum absolute atomic E-state index is 6.27. The third kappa shape index (κ3) is 1.99. The van der Waals surface area contributed by atoms with Crippen molar-refractivity contribution in [2.24, 2.45) is 11.1 Å². The summed E-state index contributed by atoms with van der Waals surface area (Å²) in [6.45, 7) is 5.38. The predicted octanol–water partition coefficient (Wildman–Crippen LogP) is 3.10. The Bertz CT molecular complexity index is 537. The van der Waals surface area contributed by atoms with Gasteiger partial charge >= 0.3 is 0 Å². The highest BCUT2D eigenvalue weighted by molar-refractivity contribution is 5.30. The first-order valence-electron chi connectivity index (χ1n) is 6.51. The van der Waals surface area contributed by atoms with Gasteiger partial charge in [0.05, 0.1) is 12.8 Å². The number of furan rings is 1. The van der Waals surface area contributed by atoms with Crippen molar-refractivity contribution >= 4 is 0 Å². The number of nitrogens with zero attached hydrogens (tertiary/aromatic N) is 1. The summed E-state index contributed by atoms with van der Waals surface area (Å²) >= 11 is 0. The third-order valence-electron chi connectivity index (χ3n) is 3.84. The molecule has 1 aliphatic rings. The van der Waals surface area contributed by atoms with Crippen LogP contribution in [0.2, 0.25) is 0 Å². The van der Waals surface area contributed by atoms with Crippen molar-refractivity contribution in [3.63, 3.8) is 0 Å². The molecule has 0 saturated carbocycles. The van der Waals surface area contributed by atoms with E-state index in [2.05, 4.69) is 30.7 Å². The van der Waals surface area contributed by atoms with Crippen LogP contribution in [0.4, 0.5) is 0 Å². The Morgan fingerprint density at radius 2 is 2.28 bits per heavy atom. The summed E-state index contributed by atoms with van der Waals surface area (Å²) in [4.78, 5) is 0. The zero-order chi connectivity index (χ0) is 12.8. The average Bonchev–Trinajstić information content (AvgIpc) is 2.88. The van der Waals surface area contributed by atoms with Gasteiger partial charge in [-0.1, -0.05) is 13.8 Å². The summed E-state index contributed by atoms with van der Waals surface area (Å²) in [7, 11) is 0. The minimum Gasteiger partial charge on any atom is -0.467 e. The molecule has 2 aromatic heterocycles. The molecule has 0 aromatic carbocycles. The molecule has 0 aliphatic heterocycles. The molecular weight excluding hydrogens is 224 g/mol. The monoisotopic (exact) mass is 244 g/mol. The fourth-order valence-electron chi connectivity index (χ4n) is 3.01. The summed E-state index contributed by atoms with van der Waals surface area (Å²) in [6, 6.07) is 6.28. The molecule has 0 amide bonds. The van der Waals surface area contributed by atoms with Gasteiger partial charge in [-0.3, -0.25) is 0 Å². The van der Waals surface area contributed by atoms with Crippen molar-refractivity contribution in [3.05, 3.63) is 47.7 Å². The fourth-order valence-corrected chi connectivity index (χ4v) is 3.01. The Labute approximate surface area is 108 Å². The van der Waals surface area contributed by atoms with Gasteiger partial charge in [0.2, 0.25) is 0 Å². The Morgan fingerprint density at radius 1 is 1.44 bits per heavy atom. The SMILES string of the molecule is CC1(C)Cc2c(ccn2Cc2ccco2)C(N)C1. The lowest BCUT2D eigenvalue weighted by atomic mass is 9.74. The maximum atomic E-state index is 6.27. The molecule has 1 aliphatic carbocycles. The van der Waals surface area contributed by atoms with E-state index in [1.165, 1.54) is 11.3 Å². The van der Waals surface area contributed by atoms with Gasteiger partial charge in [-0.05, 0) is 42.0 Å². The van der Waals surface area contributed by atoms with Crippen LogP contribution >= 0.6 is 0 Å². The second kappa shape index (κ2) is 4.02. The summed E-state index contributed by atoms with van der Waals surface area (Å²) in [5, 5.41) is 0. The third-order valence-corrected chi connectivity index (χ3v) is 3.84. The molecule has 2 heterocycles. The van der Waals surface area contributed by atoms with Crippen LogP contribution in [0.15, 0.2) is 35.1 Å². The molecule has 3 nitrogen and oxygen atoms in total. The van der Waals surface area contributed by atoms with E-state index in [4.69, 9.17) is 10.2 Å². The number of aromatic nitrogens is 1. The fraction of sp³-hybridized carbons (Fsp3) is 0.467. The van der Waals surface area contributed by atoms with E-state index in [9.17, 15) is 0 Å². The molecule has 3 heteroatoms. The molecular formula is C15H20N2O. The molecule has 0 spiro atoms. The van der Waals surface area contributed by atoms with E-state index in [1.54, 1.807) is 6.26 Å². The summed E-state index contributed by atoms with van der Waals surface area (Å²) in [5.74, 6) is 0.991. The van der Waals surface area contributed by atoms with Gasteiger partial charge in [0.1, 0.15) is 5.76 Å². The molecule has 2 aromatic rings. The molecule has 0 fully saturated rings. The van der Waals surface area contributed by atoms with Crippen molar-refractivity contribution in [1.82, 2.24) is 4.57 Å². The van der Waals surface area contributed by atoms with Gasteiger partial charge in [0.25, 0.3) is 0 Å². The Morgan fingerprint density at radius 3 is 3.00 bits per heavy atom. The molecule has 0 radical (unpaired) electrons. The van der Waals surface area contributed by atoms with Gasteiger partial charge in [-0.2, -0.15) is 0 Å². The Kier molecular flexibility index (Phi) is 2.59. The van der Waals surface area contributed by atoms with Crippen LogP contribution in [-0.4, -0.2) is 4.57 Å². The molecule has 3 rings (SSSR count). The van der Waals surface area contributed by atoms with E-state index in [1.807, 2.05) is 12.1 Å². The van der Waals surface area contributed by atoms with E-state index in [-0.39, 0.29) is 11.5 Å². The van der Waals surface area contributed by atoms with Crippen molar-refractivity contribution in [2.45, 2.75) is 39.3 Å². The minimum atomic E-state index is 0.168. The van der Waals surface area contributed by atoms with E-state index in [0.717, 1.165) is 25.1 Å². The van der Waals surface area contributed by atoms with E-state index >= 15 is 0 Å². The Hall–Kier alpha value is -1.48. The number of nitrogens with two attached hydrogens (primary N) is 1. The topological polar surface area (TPSA) is 44.1 Å². The van der Waals surface area contributed by atoms with Crippen molar-refractivity contribution in [1.29, 1.82) is 0 Å². The van der Waals surface area contributed by atoms with Crippen LogP contribution in [0.3, 0.4) is 0 Å². The van der Waals surface area contributed by atoms with Crippen molar-refractivity contribution in [3.8, 4) is 0 Å². The number of hydrogen-bond donors (Lipinski definition) is 1. The maximum Gasteiger partial charge on any atom is 0.123 e.